The molecular weight excluding hydrogens is 228 g/mol. The van der Waals surface area contributed by atoms with Gasteiger partial charge in [0.15, 0.2) is 0 Å². The van der Waals surface area contributed by atoms with E-state index in [1.807, 2.05) is 0 Å². The van der Waals surface area contributed by atoms with Crippen LogP contribution < -0.4 is 0 Å². The fourth-order valence-corrected chi connectivity index (χ4v) is 1.30. The zero-order chi connectivity index (χ0) is 12.2. The molecule has 0 aliphatic carbocycles. The molecule has 0 N–H and O–H groups in total. The average molecular weight is 247 g/mol. The van der Waals surface area contributed by atoms with Crippen molar-refractivity contribution in [3.8, 4) is 0 Å². The van der Waals surface area contributed by atoms with Crippen molar-refractivity contribution in [2.24, 2.45) is 0 Å². The quantitative estimate of drug-likeness (QED) is 0.272. The Bertz CT molecular complexity index is 236. The molecule has 4 heteroatoms. The van der Waals surface area contributed by atoms with Gasteiger partial charge >= 0.3 is 5.97 Å². The minimum atomic E-state index is -0.670. The third-order valence-corrected chi connectivity index (χ3v) is 2.22. The van der Waals surface area contributed by atoms with Crippen LogP contribution in [-0.2, 0) is 14.3 Å². The van der Waals surface area contributed by atoms with Crippen molar-refractivity contribution in [2.45, 2.75) is 45.4 Å². The second-order valence-electron chi connectivity index (χ2n) is 3.57. The topological polar surface area (TPSA) is 43.4 Å². The van der Waals surface area contributed by atoms with Crippen LogP contribution in [-0.4, -0.2) is 17.8 Å². The zero-order valence-electron chi connectivity index (χ0n) is 9.71. The van der Waals surface area contributed by atoms with Crippen molar-refractivity contribution < 1.29 is 14.3 Å². The molecule has 0 amide bonds. The number of ether oxygens (including phenoxy) is 1. The molecular formula is C12H19ClO3. The highest BCUT2D eigenvalue weighted by atomic mass is 35.5. The fraction of sp³-hybridized carbons (Fsp3) is 0.667. The van der Waals surface area contributed by atoms with E-state index < -0.39 is 11.2 Å². The van der Waals surface area contributed by atoms with E-state index in [-0.39, 0.29) is 0 Å². The lowest BCUT2D eigenvalue weighted by Crippen LogP contribution is -2.02. The van der Waals surface area contributed by atoms with Crippen LogP contribution in [0.25, 0.3) is 0 Å². The maximum Gasteiger partial charge on any atom is 0.330 e. The van der Waals surface area contributed by atoms with E-state index in [0.717, 1.165) is 25.0 Å². The highest BCUT2D eigenvalue weighted by Gasteiger charge is 1.97. The molecule has 0 saturated heterocycles. The molecule has 0 unspecified atom stereocenters. The predicted octanol–water partition coefficient (Wildman–Crippen LogP) is 3.21. The summed E-state index contributed by atoms with van der Waals surface area (Å²) in [4.78, 5) is 21.3. The molecule has 0 heterocycles. The van der Waals surface area contributed by atoms with Gasteiger partial charge in [0.05, 0.1) is 6.61 Å². The van der Waals surface area contributed by atoms with Crippen molar-refractivity contribution in [1.82, 2.24) is 0 Å². The zero-order valence-corrected chi connectivity index (χ0v) is 10.5. The Morgan fingerprint density at radius 3 is 2.31 bits per heavy atom. The van der Waals surface area contributed by atoms with Crippen LogP contribution in [0.2, 0.25) is 0 Å². The van der Waals surface area contributed by atoms with Gasteiger partial charge in [-0.1, -0.05) is 39.0 Å². The standard InChI is InChI=1S/C12H19ClO3/c1-2-3-4-5-6-7-10-16-12(15)9-8-11(13)14/h8-9H,2-7,10H2,1H3. The number of allylic oxidation sites excluding steroid dienone is 1. The number of carbonyl (C=O) groups excluding carboxylic acids is 2. The Labute approximate surface area is 102 Å². The number of unbranched alkanes of at least 4 members (excludes halogenated alkanes) is 5. The summed E-state index contributed by atoms with van der Waals surface area (Å²) in [5, 5.41) is -0.670. The number of halogens is 1. The van der Waals surface area contributed by atoms with Crippen molar-refractivity contribution in [3.63, 3.8) is 0 Å². The molecule has 16 heavy (non-hydrogen) atoms. The van der Waals surface area contributed by atoms with Crippen LogP contribution in [0.1, 0.15) is 45.4 Å². The van der Waals surface area contributed by atoms with Crippen LogP contribution in [0.4, 0.5) is 0 Å². The lowest BCUT2D eigenvalue weighted by atomic mass is 10.1. The Morgan fingerprint density at radius 1 is 1.06 bits per heavy atom. The molecule has 92 valence electrons. The molecule has 0 aromatic carbocycles. The molecule has 0 aliphatic rings. The van der Waals surface area contributed by atoms with Gasteiger partial charge < -0.3 is 4.74 Å². The second-order valence-corrected chi connectivity index (χ2v) is 3.95. The molecule has 0 aromatic rings. The third kappa shape index (κ3) is 11.2. The van der Waals surface area contributed by atoms with Gasteiger partial charge in [0.1, 0.15) is 0 Å². The average Bonchev–Trinajstić information content (AvgIpc) is 2.25. The summed E-state index contributed by atoms with van der Waals surface area (Å²) in [6.07, 6.45) is 8.90. The number of rotatable bonds is 9. The Morgan fingerprint density at radius 2 is 1.69 bits per heavy atom. The third-order valence-electron chi connectivity index (χ3n) is 2.09. The van der Waals surface area contributed by atoms with E-state index in [1.54, 1.807) is 0 Å². The molecule has 0 rings (SSSR count). The molecule has 0 aromatic heterocycles. The number of hydrogen-bond acceptors (Lipinski definition) is 3. The van der Waals surface area contributed by atoms with E-state index in [0.29, 0.717) is 6.61 Å². The first-order valence-electron chi connectivity index (χ1n) is 5.71. The molecule has 0 radical (unpaired) electrons. The number of esters is 1. The lowest BCUT2D eigenvalue weighted by Gasteiger charge is -2.01. The molecule has 0 fully saturated rings. The normalized spacial score (nSPS) is 10.6. The summed E-state index contributed by atoms with van der Waals surface area (Å²) in [6, 6.07) is 0. The molecule has 0 spiro atoms. The molecule has 0 atom stereocenters. The summed E-state index contributed by atoms with van der Waals surface area (Å²) >= 11 is 5.02. The van der Waals surface area contributed by atoms with Crippen molar-refractivity contribution in [1.29, 1.82) is 0 Å². The largest absolute Gasteiger partial charge is 0.463 e. The minimum absolute atomic E-state index is 0.409. The van der Waals surface area contributed by atoms with Crippen molar-refractivity contribution in [3.05, 3.63) is 12.2 Å². The van der Waals surface area contributed by atoms with Gasteiger partial charge in [0.2, 0.25) is 5.24 Å². The molecule has 0 saturated carbocycles. The van der Waals surface area contributed by atoms with Gasteiger partial charge in [-0.25, -0.2) is 4.79 Å². The first kappa shape index (κ1) is 15.2. The Kier molecular flexibility index (Phi) is 10.1. The summed E-state index contributed by atoms with van der Waals surface area (Å²) in [6.45, 7) is 2.58. The predicted molar refractivity (Wildman–Crippen MR) is 64.3 cm³/mol. The Balaban J connectivity index is 3.31. The van der Waals surface area contributed by atoms with Gasteiger partial charge in [-0.3, -0.25) is 4.79 Å². The van der Waals surface area contributed by atoms with Crippen LogP contribution in [0.15, 0.2) is 12.2 Å². The van der Waals surface area contributed by atoms with Gasteiger partial charge in [-0.15, -0.1) is 0 Å². The molecule has 0 aliphatic heterocycles. The van der Waals surface area contributed by atoms with Gasteiger partial charge in [-0.2, -0.15) is 0 Å². The van der Waals surface area contributed by atoms with Crippen molar-refractivity contribution >= 4 is 22.8 Å². The van der Waals surface area contributed by atoms with E-state index >= 15 is 0 Å². The maximum atomic E-state index is 11.0. The highest BCUT2D eigenvalue weighted by molar-refractivity contribution is 6.66. The van der Waals surface area contributed by atoms with Gasteiger partial charge in [-0.05, 0) is 18.0 Å². The Hall–Kier alpha value is -0.830. The second kappa shape index (κ2) is 10.7. The first-order chi connectivity index (χ1) is 7.66. The summed E-state index contributed by atoms with van der Waals surface area (Å²) < 4.78 is 4.86. The first-order valence-corrected chi connectivity index (χ1v) is 6.09. The van der Waals surface area contributed by atoms with Crippen molar-refractivity contribution in [2.75, 3.05) is 6.61 Å². The van der Waals surface area contributed by atoms with Crippen LogP contribution >= 0.6 is 11.6 Å². The fourth-order valence-electron chi connectivity index (χ4n) is 1.24. The van der Waals surface area contributed by atoms with E-state index in [9.17, 15) is 9.59 Å². The highest BCUT2D eigenvalue weighted by Crippen LogP contribution is 2.04. The minimum Gasteiger partial charge on any atom is -0.463 e. The van der Waals surface area contributed by atoms with E-state index in [4.69, 9.17) is 16.3 Å². The number of carbonyl (C=O) groups is 2. The van der Waals surface area contributed by atoms with Gasteiger partial charge in [0, 0.05) is 12.2 Å². The maximum absolute atomic E-state index is 11.0. The smallest absolute Gasteiger partial charge is 0.330 e. The number of hydrogen-bond donors (Lipinski definition) is 0. The van der Waals surface area contributed by atoms with Crippen LogP contribution in [0, 0.1) is 0 Å². The van der Waals surface area contributed by atoms with Gasteiger partial charge in [0.25, 0.3) is 0 Å². The summed E-state index contributed by atoms with van der Waals surface area (Å²) in [5.41, 5.74) is 0. The lowest BCUT2D eigenvalue weighted by molar-refractivity contribution is -0.138. The van der Waals surface area contributed by atoms with Crippen LogP contribution in [0.5, 0.6) is 0 Å². The monoisotopic (exact) mass is 246 g/mol. The van der Waals surface area contributed by atoms with E-state index in [1.165, 1.54) is 25.7 Å². The van der Waals surface area contributed by atoms with E-state index in [2.05, 4.69) is 6.92 Å². The summed E-state index contributed by atoms with van der Waals surface area (Å²) in [7, 11) is 0. The molecule has 3 nitrogen and oxygen atoms in total. The van der Waals surface area contributed by atoms with Crippen LogP contribution in [0.3, 0.4) is 0 Å². The molecule has 0 bridgehead atoms. The summed E-state index contributed by atoms with van der Waals surface area (Å²) in [5.74, 6) is -0.512. The SMILES string of the molecule is CCCCCCCCOC(=O)C=CC(=O)Cl.